The lowest BCUT2D eigenvalue weighted by atomic mass is 10.2. The van der Waals surface area contributed by atoms with E-state index in [1.165, 1.54) is 4.90 Å². The fourth-order valence-corrected chi connectivity index (χ4v) is 4.02. The lowest BCUT2D eigenvalue weighted by Crippen LogP contribution is -2.56. The number of nitrogens with two attached hydrogens (primary N) is 1. The van der Waals surface area contributed by atoms with E-state index < -0.39 is 43.6 Å². The molecule has 0 aliphatic carbocycles. The molecule has 1 aliphatic heterocycles. The van der Waals surface area contributed by atoms with Crippen molar-refractivity contribution < 1.29 is 26.5 Å². The summed E-state index contributed by atoms with van der Waals surface area (Å²) in [6, 6.07) is 2.99. The van der Waals surface area contributed by atoms with Crippen LogP contribution in [0, 0.1) is 5.82 Å². The number of benzene rings is 1. The minimum atomic E-state index is -4.03. The van der Waals surface area contributed by atoms with Crippen molar-refractivity contribution in [2.24, 2.45) is 5.14 Å². The van der Waals surface area contributed by atoms with Gasteiger partial charge in [-0.3, -0.25) is 4.21 Å². The molecule has 0 radical (unpaired) electrons. The monoisotopic (exact) mass is 378 g/mol. The topological polar surface area (TPSA) is 107 Å². The highest BCUT2D eigenvalue weighted by atomic mass is 32.2. The van der Waals surface area contributed by atoms with Crippen molar-refractivity contribution >= 4 is 26.9 Å². The molecule has 134 valence electrons. The SMILES string of the molecule is CC(C)(C)OC(=O)N1CC(S(=O)c2ccc(S(N)(=O)=O)cc2F)C1. The van der Waals surface area contributed by atoms with Gasteiger partial charge in [0.15, 0.2) is 0 Å². The molecule has 0 aromatic heterocycles. The van der Waals surface area contributed by atoms with E-state index in [9.17, 15) is 21.8 Å². The second-order valence-electron chi connectivity index (χ2n) is 6.44. The summed E-state index contributed by atoms with van der Waals surface area (Å²) >= 11 is 0. The maximum atomic E-state index is 14.0. The number of sulfonamides is 1. The fourth-order valence-electron chi connectivity index (χ4n) is 2.05. The van der Waals surface area contributed by atoms with E-state index in [-0.39, 0.29) is 22.9 Å². The number of hydrogen-bond acceptors (Lipinski definition) is 5. The van der Waals surface area contributed by atoms with E-state index in [4.69, 9.17) is 9.88 Å². The zero-order valence-corrected chi connectivity index (χ0v) is 15.1. The lowest BCUT2D eigenvalue weighted by Gasteiger charge is -2.39. The molecule has 1 fully saturated rings. The standard InChI is InChI=1S/C14H19FN2O5S2/c1-14(2,3)22-13(18)17-7-9(8-17)23(19)12-5-4-10(6-11(12)15)24(16,20)21/h4-6,9H,7-8H2,1-3H3,(H2,16,20,21). The Bertz CT molecular complexity index is 783. The van der Waals surface area contributed by atoms with Crippen molar-refractivity contribution in [2.75, 3.05) is 13.1 Å². The molecule has 1 aromatic carbocycles. The molecule has 2 rings (SSSR count). The van der Waals surface area contributed by atoms with Gasteiger partial charge in [-0.05, 0) is 39.0 Å². The van der Waals surface area contributed by atoms with E-state index in [1.807, 2.05) is 0 Å². The highest BCUT2D eigenvalue weighted by Gasteiger charge is 2.38. The average molecular weight is 378 g/mol. The van der Waals surface area contributed by atoms with Gasteiger partial charge in [0.2, 0.25) is 10.0 Å². The summed E-state index contributed by atoms with van der Waals surface area (Å²) in [5.74, 6) is -0.907. The van der Waals surface area contributed by atoms with Gasteiger partial charge in [0.05, 0.1) is 25.8 Å². The molecule has 0 bridgehead atoms. The normalized spacial score (nSPS) is 17.3. The Morgan fingerprint density at radius 3 is 2.42 bits per heavy atom. The number of nitrogens with zero attached hydrogens (tertiary/aromatic N) is 1. The third kappa shape index (κ3) is 4.31. The summed E-state index contributed by atoms with van der Waals surface area (Å²) in [7, 11) is -5.73. The molecule has 1 amide bonds. The van der Waals surface area contributed by atoms with Crippen LogP contribution in [0.3, 0.4) is 0 Å². The van der Waals surface area contributed by atoms with Crippen LogP contribution in [-0.2, 0) is 25.6 Å². The van der Waals surface area contributed by atoms with Crippen LogP contribution in [0.15, 0.2) is 28.0 Å². The van der Waals surface area contributed by atoms with Crippen molar-refractivity contribution in [1.29, 1.82) is 0 Å². The number of primary sulfonamides is 1. The van der Waals surface area contributed by atoms with Crippen LogP contribution in [0.4, 0.5) is 9.18 Å². The number of halogens is 1. The quantitative estimate of drug-likeness (QED) is 0.850. The first-order chi connectivity index (χ1) is 10.9. The van der Waals surface area contributed by atoms with Crippen LogP contribution >= 0.6 is 0 Å². The number of carbonyl (C=O) groups is 1. The second-order valence-corrected chi connectivity index (χ2v) is 9.70. The summed E-state index contributed by atoms with van der Waals surface area (Å²) in [5, 5.41) is 4.48. The van der Waals surface area contributed by atoms with Crippen molar-refractivity contribution in [3.05, 3.63) is 24.0 Å². The predicted molar refractivity (Wildman–Crippen MR) is 85.8 cm³/mol. The Morgan fingerprint density at radius 1 is 1.38 bits per heavy atom. The molecule has 0 spiro atoms. The smallest absolute Gasteiger partial charge is 0.410 e. The molecule has 0 saturated carbocycles. The van der Waals surface area contributed by atoms with Gasteiger partial charge in [0.1, 0.15) is 11.4 Å². The van der Waals surface area contributed by atoms with E-state index in [0.717, 1.165) is 18.2 Å². The third-order valence-corrected chi connectivity index (χ3v) is 5.83. The van der Waals surface area contributed by atoms with E-state index in [0.29, 0.717) is 0 Å². The zero-order chi connectivity index (χ0) is 18.3. The highest BCUT2D eigenvalue weighted by Crippen LogP contribution is 2.25. The maximum absolute atomic E-state index is 14.0. The molecule has 1 aromatic rings. The first-order valence-corrected chi connectivity index (χ1v) is 9.85. The summed E-state index contributed by atoms with van der Waals surface area (Å²) in [5.41, 5.74) is -0.628. The largest absolute Gasteiger partial charge is 0.444 e. The van der Waals surface area contributed by atoms with Crippen LogP contribution in [0.5, 0.6) is 0 Å². The Balaban J connectivity index is 2.04. The Morgan fingerprint density at radius 2 is 1.96 bits per heavy atom. The maximum Gasteiger partial charge on any atom is 0.410 e. The van der Waals surface area contributed by atoms with Gasteiger partial charge in [-0.1, -0.05) is 0 Å². The molecule has 1 atom stereocenters. The van der Waals surface area contributed by atoms with Crippen LogP contribution < -0.4 is 5.14 Å². The van der Waals surface area contributed by atoms with Gasteiger partial charge >= 0.3 is 6.09 Å². The van der Waals surface area contributed by atoms with Crippen LogP contribution in [0.25, 0.3) is 0 Å². The molecule has 1 saturated heterocycles. The van der Waals surface area contributed by atoms with Crippen LogP contribution in [-0.4, -0.2) is 47.6 Å². The summed E-state index contributed by atoms with van der Waals surface area (Å²) < 4.78 is 53.9. The molecule has 1 unspecified atom stereocenters. The Hall–Kier alpha value is -1.52. The average Bonchev–Trinajstić information content (AvgIpc) is 2.33. The van der Waals surface area contributed by atoms with E-state index in [1.54, 1.807) is 20.8 Å². The minimum absolute atomic E-state index is 0.115. The van der Waals surface area contributed by atoms with Gasteiger partial charge < -0.3 is 9.64 Å². The lowest BCUT2D eigenvalue weighted by molar-refractivity contribution is 0.0141. The number of hydrogen-bond donors (Lipinski definition) is 1. The second kappa shape index (κ2) is 6.41. The van der Waals surface area contributed by atoms with Crippen molar-refractivity contribution in [3.63, 3.8) is 0 Å². The number of ether oxygens (including phenoxy) is 1. The van der Waals surface area contributed by atoms with Crippen molar-refractivity contribution in [2.45, 2.75) is 41.4 Å². The summed E-state index contributed by atoms with van der Waals surface area (Å²) in [4.78, 5) is 12.7. The number of carbonyl (C=O) groups excluding carboxylic acids is 1. The number of amides is 1. The Kier molecular flexibility index (Phi) is 5.03. The van der Waals surface area contributed by atoms with Gasteiger partial charge in [0, 0.05) is 13.1 Å². The van der Waals surface area contributed by atoms with E-state index in [2.05, 4.69) is 0 Å². The van der Waals surface area contributed by atoms with Gasteiger partial charge in [-0.15, -0.1) is 0 Å². The zero-order valence-electron chi connectivity index (χ0n) is 13.5. The fraction of sp³-hybridized carbons (Fsp3) is 0.500. The first kappa shape index (κ1) is 18.8. The highest BCUT2D eigenvalue weighted by molar-refractivity contribution is 7.89. The van der Waals surface area contributed by atoms with Crippen molar-refractivity contribution in [1.82, 2.24) is 4.90 Å². The van der Waals surface area contributed by atoms with Gasteiger partial charge in [0.25, 0.3) is 0 Å². The molecular formula is C14H19FN2O5S2. The molecule has 2 N–H and O–H groups in total. The summed E-state index contributed by atoms with van der Waals surface area (Å²) in [6.45, 7) is 5.57. The van der Waals surface area contributed by atoms with Crippen LogP contribution in [0.1, 0.15) is 20.8 Å². The van der Waals surface area contributed by atoms with Crippen molar-refractivity contribution in [3.8, 4) is 0 Å². The van der Waals surface area contributed by atoms with Crippen LogP contribution in [0.2, 0.25) is 0 Å². The molecule has 10 heteroatoms. The predicted octanol–water partition coefficient (Wildman–Crippen LogP) is 1.20. The number of likely N-dealkylation sites (tertiary alicyclic amines) is 1. The third-order valence-electron chi connectivity index (χ3n) is 3.25. The Labute approximate surface area is 142 Å². The van der Waals surface area contributed by atoms with Gasteiger partial charge in [-0.2, -0.15) is 0 Å². The summed E-state index contributed by atoms with van der Waals surface area (Å²) in [6.07, 6.45) is -0.513. The van der Waals surface area contributed by atoms with Gasteiger partial charge in [-0.25, -0.2) is 22.7 Å². The molecule has 24 heavy (non-hydrogen) atoms. The first-order valence-electron chi connectivity index (χ1n) is 7.09. The van der Waals surface area contributed by atoms with E-state index >= 15 is 0 Å². The minimum Gasteiger partial charge on any atom is -0.444 e. The molecule has 7 nitrogen and oxygen atoms in total. The molecular weight excluding hydrogens is 359 g/mol. The molecule has 1 aliphatic rings. The number of rotatable bonds is 3. The molecule has 1 heterocycles.